The lowest BCUT2D eigenvalue weighted by Crippen LogP contribution is -2.38. The Morgan fingerprint density at radius 2 is 1.93 bits per heavy atom. The number of pyridine rings is 1. The van der Waals surface area contributed by atoms with E-state index in [2.05, 4.69) is 30.9 Å². The molecule has 2 heterocycles. The topological polar surface area (TPSA) is 74.2 Å². The molecule has 148 valence electrons. The molecule has 0 fully saturated rings. The van der Waals surface area contributed by atoms with Gasteiger partial charge in [-0.25, -0.2) is 9.97 Å². The number of hydrogen-bond acceptors (Lipinski definition) is 5. The largest absolute Gasteiger partial charge is 0.434 e. The molecular formula is C17H23F3N6S. The summed E-state index contributed by atoms with van der Waals surface area (Å²) < 4.78 is 37.6. The first kappa shape index (κ1) is 20.9. The second kappa shape index (κ2) is 10.7. The molecule has 0 aliphatic heterocycles. The number of halogens is 3. The van der Waals surface area contributed by atoms with E-state index < -0.39 is 11.9 Å². The van der Waals surface area contributed by atoms with Gasteiger partial charge in [-0.05, 0) is 25.0 Å². The molecule has 0 saturated heterocycles. The van der Waals surface area contributed by atoms with Crippen molar-refractivity contribution in [3.63, 3.8) is 0 Å². The number of guanidine groups is 1. The summed E-state index contributed by atoms with van der Waals surface area (Å²) in [5.41, 5.74) is -0.829. The maximum Gasteiger partial charge on any atom is 0.434 e. The first-order valence-corrected chi connectivity index (χ1v) is 9.48. The number of nitrogens with one attached hydrogen (secondary N) is 3. The number of nitrogens with zero attached hydrogens (tertiary/aromatic N) is 3. The Morgan fingerprint density at radius 3 is 2.59 bits per heavy atom. The van der Waals surface area contributed by atoms with Crippen molar-refractivity contribution in [3.05, 3.63) is 40.5 Å². The zero-order valence-electron chi connectivity index (χ0n) is 15.0. The highest BCUT2D eigenvalue weighted by Crippen LogP contribution is 2.29. The minimum atomic E-state index is -4.38. The van der Waals surface area contributed by atoms with E-state index in [-0.39, 0.29) is 0 Å². The third kappa shape index (κ3) is 7.81. The van der Waals surface area contributed by atoms with Gasteiger partial charge in [-0.15, -0.1) is 11.3 Å². The lowest BCUT2D eigenvalue weighted by atomic mass is 10.3. The van der Waals surface area contributed by atoms with Crippen LogP contribution in [-0.4, -0.2) is 42.6 Å². The van der Waals surface area contributed by atoms with Gasteiger partial charge in [0.2, 0.25) is 0 Å². The van der Waals surface area contributed by atoms with E-state index in [1.165, 1.54) is 0 Å². The maximum atomic E-state index is 12.5. The Labute approximate surface area is 160 Å². The van der Waals surface area contributed by atoms with Crippen LogP contribution in [0, 0.1) is 0 Å². The molecule has 0 aliphatic carbocycles. The molecule has 2 aromatic rings. The fourth-order valence-corrected chi connectivity index (χ4v) is 3.01. The van der Waals surface area contributed by atoms with E-state index in [4.69, 9.17) is 0 Å². The molecule has 0 atom stereocenters. The van der Waals surface area contributed by atoms with Crippen LogP contribution in [0.25, 0.3) is 0 Å². The lowest BCUT2D eigenvalue weighted by molar-refractivity contribution is -0.140. The molecule has 0 spiro atoms. The fraction of sp³-hybridized carbons (Fsp3) is 0.471. The molecule has 3 N–H and O–H groups in total. The Bertz CT molecular complexity index is 702. The number of rotatable bonds is 9. The molecule has 0 aliphatic rings. The van der Waals surface area contributed by atoms with Gasteiger partial charge in [-0.2, -0.15) is 13.2 Å². The second-order valence-electron chi connectivity index (χ2n) is 5.65. The third-order valence-electron chi connectivity index (χ3n) is 3.56. The molecule has 0 unspecified atom stereocenters. The van der Waals surface area contributed by atoms with Gasteiger partial charge in [-0.1, -0.05) is 6.07 Å². The zero-order valence-corrected chi connectivity index (χ0v) is 15.8. The summed E-state index contributed by atoms with van der Waals surface area (Å²) in [6.45, 7) is 2.04. The molecule has 6 nitrogen and oxygen atoms in total. The van der Waals surface area contributed by atoms with Crippen LogP contribution >= 0.6 is 11.3 Å². The third-order valence-corrected chi connectivity index (χ3v) is 4.47. The van der Waals surface area contributed by atoms with Crippen molar-refractivity contribution in [2.24, 2.45) is 4.99 Å². The lowest BCUT2D eigenvalue weighted by Gasteiger charge is -2.11. The summed E-state index contributed by atoms with van der Waals surface area (Å²) in [6.07, 6.45) is -0.308. The molecular weight excluding hydrogens is 377 g/mol. The van der Waals surface area contributed by atoms with Crippen LogP contribution in [0.3, 0.4) is 0 Å². The predicted molar refractivity (Wildman–Crippen MR) is 102 cm³/mol. The molecule has 0 radical (unpaired) electrons. The number of aromatic nitrogens is 2. The van der Waals surface area contributed by atoms with Gasteiger partial charge in [-0.3, -0.25) is 4.99 Å². The summed E-state index contributed by atoms with van der Waals surface area (Å²) in [5, 5.41) is 11.0. The smallest absolute Gasteiger partial charge is 0.370 e. The van der Waals surface area contributed by atoms with Crippen LogP contribution < -0.4 is 16.0 Å². The molecule has 2 rings (SSSR count). The van der Waals surface area contributed by atoms with E-state index in [0.29, 0.717) is 23.9 Å². The summed E-state index contributed by atoms with van der Waals surface area (Å²) in [7, 11) is 1.66. The summed E-state index contributed by atoms with van der Waals surface area (Å²) >= 11 is 1.02. The highest BCUT2D eigenvalue weighted by atomic mass is 32.1. The Balaban J connectivity index is 1.57. The normalized spacial score (nSPS) is 12.1. The van der Waals surface area contributed by atoms with Gasteiger partial charge in [0.1, 0.15) is 5.82 Å². The number of unbranched alkanes of at least 4 members (excludes halogenated alkanes) is 1. The van der Waals surface area contributed by atoms with E-state index in [1.807, 2.05) is 18.2 Å². The molecule has 0 aromatic carbocycles. The Hall–Kier alpha value is -2.36. The quantitative estimate of drug-likeness (QED) is 0.343. The Kier molecular flexibility index (Phi) is 8.31. The molecule has 10 heteroatoms. The average Bonchev–Trinajstić information content (AvgIpc) is 3.13. The minimum absolute atomic E-state index is 0.412. The van der Waals surface area contributed by atoms with Gasteiger partial charge in [0.05, 0.1) is 5.01 Å². The zero-order chi connectivity index (χ0) is 19.5. The van der Waals surface area contributed by atoms with Crippen LogP contribution in [0.2, 0.25) is 0 Å². The van der Waals surface area contributed by atoms with Crippen LogP contribution in [-0.2, 0) is 12.6 Å². The Morgan fingerprint density at radius 1 is 1.15 bits per heavy atom. The van der Waals surface area contributed by atoms with Gasteiger partial charge in [0.25, 0.3) is 0 Å². The predicted octanol–water partition coefficient (Wildman–Crippen LogP) is 3.16. The van der Waals surface area contributed by atoms with Crippen molar-refractivity contribution in [2.75, 3.05) is 32.0 Å². The first-order chi connectivity index (χ1) is 13.0. The number of aliphatic imine (C=N–C) groups is 1. The van der Waals surface area contributed by atoms with Crippen molar-refractivity contribution >= 4 is 23.1 Å². The van der Waals surface area contributed by atoms with Crippen molar-refractivity contribution in [3.8, 4) is 0 Å². The summed E-state index contributed by atoms with van der Waals surface area (Å²) in [5.74, 6) is 1.49. The minimum Gasteiger partial charge on any atom is -0.370 e. The van der Waals surface area contributed by atoms with Gasteiger partial charge in [0, 0.05) is 44.7 Å². The molecule has 2 aromatic heterocycles. The molecule has 0 amide bonds. The second-order valence-corrected chi connectivity index (χ2v) is 6.59. The molecule has 0 bridgehead atoms. The highest BCUT2D eigenvalue weighted by Gasteiger charge is 2.33. The maximum absolute atomic E-state index is 12.5. The van der Waals surface area contributed by atoms with Crippen LogP contribution in [0.4, 0.5) is 19.0 Å². The van der Waals surface area contributed by atoms with Crippen LogP contribution in [0.1, 0.15) is 23.5 Å². The summed E-state index contributed by atoms with van der Waals surface area (Å²) in [6, 6.07) is 5.73. The average molecular weight is 400 g/mol. The van der Waals surface area contributed by atoms with Crippen molar-refractivity contribution in [2.45, 2.75) is 25.4 Å². The number of anilines is 1. The van der Waals surface area contributed by atoms with E-state index >= 15 is 0 Å². The first-order valence-electron chi connectivity index (χ1n) is 8.60. The van der Waals surface area contributed by atoms with Crippen molar-refractivity contribution < 1.29 is 13.2 Å². The summed E-state index contributed by atoms with van der Waals surface area (Å²) in [4.78, 5) is 11.9. The molecule has 27 heavy (non-hydrogen) atoms. The van der Waals surface area contributed by atoms with Crippen LogP contribution in [0.5, 0.6) is 0 Å². The molecule has 0 saturated carbocycles. The standard InChI is InChI=1S/C17H23F3N6S/c1-21-16(24-10-5-4-9-23-14-6-2-3-8-22-14)25-11-7-15-26-13(12-27-15)17(18,19)20/h2-3,6,8,12H,4-5,7,9-11H2,1H3,(H,22,23)(H2,21,24,25). The monoisotopic (exact) mass is 400 g/mol. The fourth-order valence-electron chi connectivity index (χ4n) is 2.20. The van der Waals surface area contributed by atoms with E-state index in [9.17, 15) is 13.2 Å². The van der Waals surface area contributed by atoms with Gasteiger partial charge >= 0.3 is 6.18 Å². The van der Waals surface area contributed by atoms with Crippen LogP contribution in [0.15, 0.2) is 34.8 Å². The SMILES string of the molecule is CN=C(NCCCCNc1ccccn1)NCCc1nc(C(F)(F)F)cs1. The van der Waals surface area contributed by atoms with Crippen molar-refractivity contribution in [1.29, 1.82) is 0 Å². The highest BCUT2D eigenvalue weighted by molar-refractivity contribution is 7.09. The number of hydrogen-bond donors (Lipinski definition) is 3. The van der Waals surface area contributed by atoms with Gasteiger partial charge < -0.3 is 16.0 Å². The van der Waals surface area contributed by atoms with Crippen molar-refractivity contribution in [1.82, 2.24) is 20.6 Å². The van der Waals surface area contributed by atoms with Gasteiger partial charge in [0.15, 0.2) is 11.7 Å². The van der Waals surface area contributed by atoms with E-state index in [0.717, 1.165) is 48.5 Å². The number of thiazole rings is 1. The number of alkyl halides is 3. The van der Waals surface area contributed by atoms with E-state index in [1.54, 1.807) is 13.2 Å².